The molecule has 3 amide bonds. The van der Waals surface area contributed by atoms with Gasteiger partial charge < -0.3 is 16.4 Å². The Morgan fingerprint density at radius 3 is 2.48 bits per heavy atom. The highest BCUT2D eigenvalue weighted by molar-refractivity contribution is 9.10. The lowest BCUT2D eigenvalue weighted by atomic mass is 10.1. The van der Waals surface area contributed by atoms with Gasteiger partial charge in [0.2, 0.25) is 0 Å². The van der Waals surface area contributed by atoms with Crippen molar-refractivity contribution in [2.75, 3.05) is 16.4 Å². The molecule has 8 nitrogen and oxygen atoms in total. The van der Waals surface area contributed by atoms with E-state index in [1.165, 1.54) is 12.1 Å². The number of carbonyl (C=O) groups excluding carboxylic acids is 2. The fraction of sp³-hybridized carbons (Fsp3) is 0.0476. The van der Waals surface area contributed by atoms with Crippen LogP contribution in [0.15, 0.2) is 76.1 Å². The number of rotatable bonds is 4. The lowest BCUT2D eigenvalue weighted by Gasteiger charge is -2.29. The van der Waals surface area contributed by atoms with Crippen LogP contribution in [-0.2, 0) is 16.6 Å². The van der Waals surface area contributed by atoms with Gasteiger partial charge in [0.1, 0.15) is 4.90 Å². The Morgan fingerprint density at radius 2 is 1.77 bits per heavy atom. The number of nitrogen functional groups attached to an aromatic ring is 1. The number of halogens is 1. The molecule has 0 aromatic heterocycles. The van der Waals surface area contributed by atoms with E-state index < -0.39 is 16.1 Å². The summed E-state index contributed by atoms with van der Waals surface area (Å²) in [5.74, 6) is -0.355. The number of fused-ring (bicyclic) bond motifs is 1. The molecule has 158 valence electrons. The van der Waals surface area contributed by atoms with Crippen LogP contribution in [0.1, 0.15) is 15.9 Å². The first-order chi connectivity index (χ1) is 14.8. The molecule has 0 bridgehead atoms. The molecule has 4 rings (SSSR count). The number of amides is 3. The smallest absolute Gasteiger partial charge is 0.336 e. The maximum Gasteiger partial charge on any atom is 0.336 e. The van der Waals surface area contributed by atoms with Crippen LogP contribution in [0.3, 0.4) is 0 Å². The number of para-hydroxylation sites is 2. The molecule has 0 radical (unpaired) electrons. The number of nitrogens with two attached hydrogens (primary N) is 1. The monoisotopic (exact) mass is 500 g/mol. The van der Waals surface area contributed by atoms with E-state index >= 15 is 0 Å². The highest BCUT2D eigenvalue weighted by atomic mass is 79.9. The third-order valence-electron chi connectivity index (χ3n) is 4.73. The molecule has 0 saturated carbocycles. The van der Waals surface area contributed by atoms with Gasteiger partial charge >= 0.3 is 6.03 Å². The molecular weight excluding hydrogens is 484 g/mol. The first-order valence-electron chi connectivity index (χ1n) is 9.14. The standard InChI is InChI=1S/C21H17BrN4O4S/c22-15-9-10-18-19(11-15)31(29,30)26(21(28)25-18)12-13-5-7-14(8-6-13)20(27)24-17-4-2-1-3-16(17)23/h1-11H,12,23H2,(H,24,27)(H,25,28). The molecule has 0 saturated heterocycles. The van der Waals surface area contributed by atoms with Crippen molar-refractivity contribution in [1.29, 1.82) is 0 Å². The molecule has 0 unspecified atom stereocenters. The van der Waals surface area contributed by atoms with Crippen LogP contribution in [-0.4, -0.2) is 24.7 Å². The molecule has 1 aliphatic rings. The minimum absolute atomic E-state index is 0.0120. The van der Waals surface area contributed by atoms with Crippen molar-refractivity contribution in [2.45, 2.75) is 11.4 Å². The van der Waals surface area contributed by atoms with E-state index in [1.807, 2.05) is 0 Å². The Bertz CT molecular complexity index is 1290. The predicted molar refractivity (Wildman–Crippen MR) is 121 cm³/mol. The van der Waals surface area contributed by atoms with Crippen LogP contribution < -0.4 is 16.4 Å². The van der Waals surface area contributed by atoms with E-state index in [0.717, 1.165) is 4.31 Å². The Labute approximate surface area is 187 Å². The summed E-state index contributed by atoms with van der Waals surface area (Å²) >= 11 is 3.25. The molecular formula is C21H17BrN4O4S. The number of nitrogens with zero attached hydrogens (tertiary/aromatic N) is 1. The number of hydrogen-bond donors (Lipinski definition) is 3. The molecule has 1 heterocycles. The summed E-state index contributed by atoms with van der Waals surface area (Å²) in [6, 6.07) is 17.1. The molecule has 10 heteroatoms. The number of hydrogen-bond acceptors (Lipinski definition) is 5. The highest BCUT2D eigenvalue weighted by Gasteiger charge is 2.36. The van der Waals surface area contributed by atoms with E-state index in [0.29, 0.717) is 27.0 Å². The summed E-state index contributed by atoms with van der Waals surface area (Å²) in [4.78, 5) is 24.9. The fourth-order valence-corrected chi connectivity index (χ4v) is 5.11. The summed E-state index contributed by atoms with van der Waals surface area (Å²) in [5.41, 5.74) is 7.93. The summed E-state index contributed by atoms with van der Waals surface area (Å²) in [6.45, 7) is -0.173. The quantitative estimate of drug-likeness (QED) is 0.467. The number of urea groups is 1. The average molecular weight is 501 g/mol. The molecule has 3 aromatic rings. The minimum atomic E-state index is -4.03. The van der Waals surface area contributed by atoms with E-state index in [4.69, 9.17) is 5.73 Å². The zero-order valence-corrected chi connectivity index (χ0v) is 18.4. The predicted octanol–water partition coefficient (Wildman–Crippen LogP) is 4.02. The maximum atomic E-state index is 12.9. The van der Waals surface area contributed by atoms with Crippen molar-refractivity contribution in [3.63, 3.8) is 0 Å². The third-order valence-corrected chi connectivity index (χ3v) is 6.99. The number of anilines is 3. The molecule has 1 aliphatic heterocycles. The Hall–Kier alpha value is -3.37. The largest absolute Gasteiger partial charge is 0.397 e. The van der Waals surface area contributed by atoms with Crippen LogP contribution in [0.4, 0.5) is 21.9 Å². The Kier molecular flexibility index (Phi) is 5.42. The number of benzene rings is 3. The van der Waals surface area contributed by atoms with Crippen molar-refractivity contribution in [3.8, 4) is 0 Å². The zero-order valence-electron chi connectivity index (χ0n) is 16.0. The van der Waals surface area contributed by atoms with Gasteiger partial charge in [-0.2, -0.15) is 0 Å². The van der Waals surface area contributed by atoms with Crippen molar-refractivity contribution < 1.29 is 18.0 Å². The van der Waals surface area contributed by atoms with E-state index in [2.05, 4.69) is 26.6 Å². The molecule has 3 aromatic carbocycles. The third kappa shape index (κ3) is 4.12. The van der Waals surface area contributed by atoms with E-state index in [9.17, 15) is 18.0 Å². The lowest BCUT2D eigenvalue weighted by Crippen LogP contribution is -2.43. The van der Waals surface area contributed by atoms with Crippen molar-refractivity contribution in [2.24, 2.45) is 0 Å². The van der Waals surface area contributed by atoms with Gasteiger partial charge in [-0.1, -0.05) is 40.2 Å². The summed E-state index contributed by atoms with van der Waals surface area (Å²) in [5, 5.41) is 5.31. The van der Waals surface area contributed by atoms with Gasteiger partial charge in [-0.15, -0.1) is 0 Å². The van der Waals surface area contributed by atoms with Crippen molar-refractivity contribution in [3.05, 3.63) is 82.3 Å². The maximum absolute atomic E-state index is 12.9. The van der Waals surface area contributed by atoms with Gasteiger partial charge in [0.25, 0.3) is 15.9 Å². The highest BCUT2D eigenvalue weighted by Crippen LogP contribution is 2.33. The van der Waals surface area contributed by atoms with Crippen molar-refractivity contribution in [1.82, 2.24) is 4.31 Å². The summed E-state index contributed by atoms with van der Waals surface area (Å²) < 4.78 is 27.2. The van der Waals surface area contributed by atoms with Gasteiger partial charge in [0.05, 0.1) is 23.6 Å². The van der Waals surface area contributed by atoms with Crippen LogP contribution in [0, 0.1) is 0 Å². The normalized spacial score (nSPS) is 14.5. The molecule has 31 heavy (non-hydrogen) atoms. The molecule has 0 fully saturated rings. The summed E-state index contributed by atoms with van der Waals surface area (Å²) in [7, 11) is -4.03. The summed E-state index contributed by atoms with van der Waals surface area (Å²) in [6.07, 6.45) is 0. The van der Waals surface area contributed by atoms with Gasteiger partial charge in [-0.3, -0.25) is 4.79 Å². The Morgan fingerprint density at radius 1 is 1.06 bits per heavy atom. The van der Waals surface area contributed by atoms with Gasteiger partial charge in [-0.25, -0.2) is 17.5 Å². The second-order valence-corrected chi connectivity index (χ2v) is 9.57. The number of sulfonamides is 1. The fourth-order valence-electron chi connectivity index (χ4n) is 3.11. The van der Waals surface area contributed by atoms with Gasteiger partial charge in [0.15, 0.2) is 0 Å². The SMILES string of the molecule is Nc1ccccc1NC(=O)c1ccc(CN2C(=O)Nc3ccc(Br)cc3S2(=O)=O)cc1. The zero-order chi connectivity index (χ0) is 22.2. The molecule has 0 spiro atoms. The average Bonchev–Trinajstić information content (AvgIpc) is 2.74. The first kappa shape index (κ1) is 20.9. The van der Waals surface area contributed by atoms with Crippen LogP contribution in [0.2, 0.25) is 0 Å². The second-order valence-electron chi connectivity index (χ2n) is 6.82. The van der Waals surface area contributed by atoms with Gasteiger partial charge in [0, 0.05) is 10.0 Å². The van der Waals surface area contributed by atoms with Crippen LogP contribution in [0.25, 0.3) is 0 Å². The topological polar surface area (TPSA) is 122 Å². The van der Waals surface area contributed by atoms with Crippen LogP contribution >= 0.6 is 15.9 Å². The van der Waals surface area contributed by atoms with Crippen molar-refractivity contribution >= 4 is 55.0 Å². The Balaban J connectivity index is 1.53. The molecule has 0 aliphatic carbocycles. The first-order valence-corrected chi connectivity index (χ1v) is 11.4. The van der Waals surface area contributed by atoms with E-state index in [1.54, 1.807) is 54.6 Å². The number of carbonyl (C=O) groups is 2. The molecule has 0 atom stereocenters. The van der Waals surface area contributed by atoms with E-state index in [-0.39, 0.29) is 23.0 Å². The van der Waals surface area contributed by atoms with Gasteiger partial charge in [-0.05, 0) is 48.0 Å². The molecule has 4 N–H and O–H groups in total. The lowest BCUT2D eigenvalue weighted by molar-refractivity contribution is 0.102. The second kappa shape index (κ2) is 8.05. The number of nitrogens with one attached hydrogen (secondary N) is 2. The minimum Gasteiger partial charge on any atom is -0.397 e. The van der Waals surface area contributed by atoms with Crippen LogP contribution in [0.5, 0.6) is 0 Å².